The predicted molar refractivity (Wildman–Crippen MR) is 78.0 cm³/mol. The molecule has 0 aromatic heterocycles. The molecule has 0 bridgehead atoms. The lowest BCUT2D eigenvalue weighted by Crippen LogP contribution is -2.50. The summed E-state index contributed by atoms with van der Waals surface area (Å²) in [6, 6.07) is 6.23. The zero-order valence-corrected chi connectivity index (χ0v) is 12.0. The van der Waals surface area contributed by atoms with Gasteiger partial charge in [-0.15, -0.1) is 0 Å². The molecule has 1 fully saturated rings. The number of fused-ring (bicyclic) bond motifs is 1. The summed E-state index contributed by atoms with van der Waals surface area (Å²) in [7, 11) is 0. The monoisotopic (exact) mass is 274 g/mol. The summed E-state index contributed by atoms with van der Waals surface area (Å²) in [4.78, 5) is 14.2. The summed E-state index contributed by atoms with van der Waals surface area (Å²) < 4.78 is 5.84. The van der Waals surface area contributed by atoms with Crippen LogP contribution in [0, 0.1) is 0 Å². The number of amides is 1. The van der Waals surface area contributed by atoms with E-state index in [1.807, 2.05) is 17.9 Å². The van der Waals surface area contributed by atoms with Gasteiger partial charge in [0.2, 0.25) is 0 Å². The highest BCUT2D eigenvalue weighted by atomic mass is 16.5. The number of carbonyl (C=O) groups is 1. The molecular formula is C16H22N2O2. The van der Waals surface area contributed by atoms with Gasteiger partial charge in [-0.3, -0.25) is 4.79 Å². The van der Waals surface area contributed by atoms with Crippen molar-refractivity contribution < 1.29 is 9.53 Å². The van der Waals surface area contributed by atoms with Crippen molar-refractivity contribution in [2.75, 3.05) is 26.2 Å². The minimum Gasteiger partial charge on any atom is -0.481 e. The molecular weight excluding hydrogens is 252 g/mol. The average molecular weight is 274 g/mol. The Kier molecular flexibility index (Phi) is 3.92. The van der Waals surface area contributed by atoms with Gasteiger partial charge in [-0.25, -0.2) is 0 Å². The van der Waals surface area contributed by atoms with E-state index in [-0.39, 0.29) is 5.91 Å². The largest absolute Gasteiger partial charge is 0.481 e. The molecule has 0 saturated carbocycles. The molecule has 3 rings (SSSR count). The third-order valence-electron chi connectivity index (χ3n) is 4.16. The molecule has 0 radical (unpaired) electrons. The number of nitrogens with zero attached hydrogens (tertiary/aromatic N) is 1. The fourth-order valence-electron chi connectivity index (χ4n) is 3.02. The number of hydrogen-bond acceptors (Lipinski definition) is 3. The first-order valence-corrected chi connectivity index (χ1v) is 7.52. The lowest BCUT2D eigenvalue weighted by atomic mass is 10.1. The van der Waals surface area contributed by atoms with Crippen molar-refractivity contribution in [3.05, 3.63) is 29.3 Å². The summed E-state index contributed by atoms with van der Waals surface area (Å²) in [5.41, 5.74) is 2.81. The van der Waals surface area contributed by atoms with Gasteiger partial charge in [-0.05, 0) is 49.4 Å². The van der Waals surface area contributed by atoms with Gasteiger partial charge in [0.05, 0.1) is 0 Å². The van der Waals surface area contributed by atoms with Crippen molar-refractivity contribution >= 4 is 5.91 Å². The number of nitrogens with one attached hydrogen (secondary N) is 1. The fraction of sp³-hybridized carbons (Fsp3) is 0.562. The number of ether oxygens (including phenoxy) is 1. The summed E-state index contributed by atoms with van der Waals surface area (Å²) in [5.74, 6) is 0.911. The van der Waals surface area contributed by atoms with Crippen LogP contribution in [0.3, 0.4) is 0 Å². The first-order valence-electron chi connectivity index (χ1n) is 7.52. The molecule has 1 saturated heterocycles. The standard InChI is InChI=1S/C16H22N2O2/c1-12(16(19)18-9-7-17-8-10-18)20-15-6-5-13-3-2-4-14(13)11-15/h5-6,11-12,17H,2-4,7-10H2,1H3. The van der Waals surface area contributed by atoms with E-state index in [1.165, 1.54) is 24.0 Å². The highest BCUT2D eigenvalue weighted by Crippen LogP contribution is 2.26. The number of rotatable bonds is 3. The second-order valence-electron chi connectivity index (χ2n) is 5.62. The van der Waals surface area contributed by atoms with E-state index in [2.05, 4.69) is 17.4 Å². The number of benzene rings is 1. The van der Waals surface area contributed by atoms with Crippen molar-refractivity contribution in [3.8, 4) is 5.75 Å². The Morgan fingerprint density at radius 1 is 1.25 bits per heavy atom. The maximum atomic E-state index is 12.3. The lowest BCUT2D eigenvalue weighted by molar-refractivity contribution is -0.138. The Labute approximate surface area is 120 Å². The van der Waals surface area contributed by atoms with Crippen molar-refractivity contribution in [2.45, 2.75) is 32.3 Å². The smallest absolute Gasteiger partial charge is 0.263 e. The highest BCUT2D eigenvalue weighted by Gasteiger charge is 2.23. The molecule has 1 atom stereocenters. The predicted octanol–water partition coefficient (Wildman–Crippen LogP) is 1.37. The minimum atomic E-state index is -0.410. The Bertz CT molecular complexity index is 495. The van der Waals surface area contributed by atoms with E-state index in [0.717, 1.165) is 38.3 Å². The summed E-state index contributed by atoms with van der Waals surface area (Å²) in [5, 5.41) is 3.25. The van der Waals surface area contributed by atoms with Crippen LogP contribution in [-0.4, -0.2) is 43.1 Å². The Morgan fingerprint density at radius 2 is 2.00 bits per heavy atom. The van der Waals surface area contributed by atoms with E-state index < -0.39 is 6.10 Å². The van der Waals surface area contributed by atoms with Crippen LogP contribution in [0.5, 0.6) is 5.75 Å². The van der Waals surface area contributed by atoms with E-state index >= 15 is 0 Å². The van der Waals surface area contributed by atoms with Gasteiger partial charge >= 0.3 is 0 Å². The molecule has 0 spiro atoms. The Balaban J connectivity index is 1.63. The van der Waals surface area contributed by atoms with E-state index in [0.29, 0.717) is 0 Å². The van der Waals surface area contributed by atoms with Crippen LogP contribution in [0.4, 0.5) is 0 Å². The third kappa shape index (κ3) is 2.80. The zero-order valence-electron chi connectivity index (χ0n) is 12.0. The molecule has 1 N–H and O–H groups in total. The van der Waals surface area contributed by atoms with Crippen LogP contribution in [-0.2, 0) is 17.6 Å². The third-order valence-corrected chi connectivity index (χ3v) is 4.16. The number of hydrogen-bond donors (Lipinski definition) is 1. The number of aryl methyl sites for hydroxylation is 2. The van der Waals surface area contributed by atoms with E-state index in [4.69, 9.17) is 4.74 Å². The van der Waals surface area contributed by atoms with Gasteiger partial charge in [-0.1, -0.05) is 6.07 Å². The molecule has 1 aromatic carbocycles. The molecule has 1 heterocycles. The van der Waals surface area contributed by atoms with Crippen molar-refractivity contribution in [2.24, 2.45) is 0 Å². The fourth-order valence-corrected chi connectivity index (χ4v) is 3.02. The summed E-state index contributed by atoms with van der Waals surface area (Å²) in [6.45, 7) is 5.14. The van der Waals surface area contributed by atoms with Crippen molar-refractivity contribution in [1.82, 2.24) is 10.2 Å². The second-order valence-corrected chi connectivity index (χ2v) is 5.62. The molecule has 1 aliphatic carbocycles. The minimum absolute atomic E-state index is 0.0898. The Morgan fingerprint density at radius 3 is 2.80 bits per heavy atom. The quantitative estimate of drug-likeness (QED) is 0.905. The van der Waals surface area contributed by atoms with Gasteiger partial charge in [0.15, 0.2) is 6.10 Å². The molecule has 1 aromatic rings. The van der Waals surface area contributed by atoms with Gasteiger partial charge in [0.25, 0.3) is 5.91 Å². The maximum absolute atomic E-state index is 12.3. The van der Waals surface area contributed by atoms with E-state index in [1.54, 1.807) is 0 Å². The maximum Gasteiger partial charge on any atom is 0.263 e. The molecule has 2 aliphatic rings. The van der Waals surface area contributed by atoms with Crippen LogP contribution in [0.1, 0.15) is 24.5 Å². The topological polar surface area (TPSA) is 41.6 Å². The van der Waals surface area contributed by atoms with Crippen LogP contribution in [0.2, 0.25) is 0 Å². The normalized spacial score (nSPS) is 19.6. The SMILES string of the molecule is CC(Oc1ccc2c(c1)CCC2)C(=O)N1CCNCC1. The highest BCUT2D eigenvalue weighted by molar-refractivity contribution is 5.81. The molecule has 1 amide bonds. The van der Waals surface area contributed by atoms with Crippen molar-refractivity contribution in [1.29, 1.82) is 0 Å². The van der Waals surface area contributed by atoms with Crippen LogP contribution < -0.4 is 10.1 Å². The molecule has 1 unspecified atom stereocenters. The van der Waals surface area contributed by atoms with Gasteiger partial charge in [0.1, 0.15) is 5.75 Å². The summed E-state index contributed by atoms with van der Waals surface area (Å²) in [6.07, 6.45) is 3.12. The van der Waals surface area contributed by atoms with Crippen LogP contribution in [0.15, 0.2) is 18.2 Å². The van der Waals surface area contributed by atoms with Gasteiger partial charge < -0.3 is 15.0 Å². The van der Waals surface area contributed by atoms with Gasteiger partial charge in [0, 0.05) is 26.2 Å². The van der Waals surface area contributed by atoms with Gasteiger partial charge in [-0.2, -0.15) is 0 Å². The Hall–Kier alpha value is -1.55. The first-order chi connectivity index (χ1) is 9.74. The number of piperazine rings is 1. The van der Waals surface area contributed by atoms with Crippen molar-refractivity contribution in [3.63, 3.8) is 0 Å². The molecule has 1 aliphatic heterocycles. The summed E-state index contributed by atoms with van der Waals surface area (Å²) >= 11 is 0. The molecule has 4 nitrogen and oxygen atoms in total. The molecule has 108 valence electrons. The second kappa shape index (κ2) is 5.83. The average Bonchev–Trinajstić information content (AvgIpc) is 2.95. The lowest BCUT2D eigenvalue weighted by Gasteiger charge is -2.29. The van der Waals surface area contributed by atoms with Crippen LogP contribution in [0.25, 0.3) is 0 Å². The van der Waals surface area contributed by atoms with Crippen LogP contribution >= 0.6 is 0 Å². The van der Waals surface area contributed by atoms with E-state index in [9.17, 15) is 4.79 Å². The number of carbonyl (C=O) groups excluding carboxylic acids is 1. The molecule has 20 heavy (non-hydrogen) atoms. The first kappa shape index (κ1) is 13.4. The zero-order chi connectivity index (χ0) is 13.9. The molecule has 4 heteroatoms.